The first-order valence-corrected chi connectivity index (χ1v) is 5.05. The molecule has 2 rings (SSSR count). The van der Waals surface area contributed by atoms with Crippen molar-refractivity contribution in [1.82, 2.24) is 10.2 Å². The molecule has 2 aromatic heterocycles. The maximum absolute atomic E-state index is 12.6. The molecule has 0 aliphatic rings. The zero-order valence-electron chi connectivity index (χ0n) is 7.71. The summed E-state index contributed by atoms with van der Waals surface area (Å²) >= 11 is 1.08. The van der Waals surface area contributed by atoms with Crippen LogP contribution in [0.4, 0.5) is 13.2 Å². The number of hydrogen-bond donors (Lipinski definition) is 1. The number of carbonyl (C=O) groups excluding carboxylic acids is 1. The predicted octanol–water partition coefficient (Wildman–Crippen LogP) is 2.97. The molecule has 1 N–H and O–H groups in total. The molecule has 0 fully saturated rings. The number of aromatic nitrogens is 2. The van der Waals surface area contributed by atoms with E-state index in [4.69, 9.17) is 0 Å². The second-order valence-electron chi connectivity index (χ2n) is 2.97. The molecule has 16 heavy (non-hydrogen) atoms. The molecule has 0 aromatic carbocycles. The lowest BCUT2D eigenvalue weighted by Crippen LogP contribution is -2.05. The van der Waals surface area contributed by atoms with E-state index in [2.05, 4.69) is 10.2 Å². The SMILES string of the molecule is O=Cc1sccc1-c1[nH]ncc1C(F)(F)F. The van der Waals surface area contributed by atoms with Crippen molar-refractivity contribution in [2.45, 2.75) is 6.18 Å². The van der Waals surface area contributed by atoms with E-state index in [0.29, 0.717) is 12.5 Å². The van der Waals surface area contributed by atoms with Gasteiger partial charge in [0, 0.05) is 5.56 Å². The highest BCUT2D eigenvalue weighted by Crippen LogP contribution is 2.37. The minimum atomic E-state index is -4.48. The van der Waals surface area contributed by atoms with Gasteiger partial charge in [-0.1, -0.05) is 0 Å². The number of alkyl halides is 3. The van der Waals surface area contributed by atoms with Crippen LogP contribution in [0.5, 0.6) is 0 Å². The summed E-state index contributed by atoms with van der Waals surface area (Å²) in [5.41, 5.74) is -0.810. The average Bonchev–Trinajstić information content (AvgIpc) is 2.84. The molecular weight excluding hydrogens is 241 g/mol. The van der Waals surface area contributed by atoms with E-state index < -0.39 is 11.7 Å². The molecule has 0 atom stereocenters. The summed E-state index contributed by atoms with van der Waals surface area (Å²) in [7, 11) is 0. The second-order valence-corrected chi connectivity index (χ2v) is 3.92. The van der Waals surface area contributed by atoms with Gasteiger partial charge >= 0.3 is 6.18 Å². The normalized spacial score (nSPS) is 11.7. The molecule has 7 heteroatoms. The summed E-state index contributed by atoms with van der Waals surface area (Å²) in [6.45, 7) is 0. The van der Waals surface area contributed by atoms with Crippen LogP contribution in [0.15, 0.2) is 17.6 Å². The third-order valence-corrected chi connectivity index (χ3v) is 2.86. The Morgan fingerprint density at radius 1 is 1.44 bits per heavy atom. The van der Waals surface area contributed by atoms with Crippen molar-refractivity contribution in [2.24, 2.45) is 0 Å². The molecule has 0 aliphatic heterocycles. The van der Waals surface area contributed by atoms with E-state index in [9.17, 15) is 18.0 Å². The summed E-state index contributed by atoms with van der Waals surface area (Å²) in [5.74, 6) is 0. The van der Waals surface area contributed by atoms with Gasteiger partial charge in [0.05, 0.1) is 16.8 Å². The van der Waals surface area contributed by atoms with Gasteiger partial charge in [0.2, 0.25) is 0 Å². The van der Waals surface area contributed by atoms with Crippen LogP contribution in [0.3, 0.4) is 0 Å². The largest absolute Gasteiger partial charge is 0.420 e. The third kappa shape index (κ3) is 1.73. The Morgan fingerprint density at radius 3 is 2.81 bits per heavy atom. The number of rotatable bonds is 2. The number of thiophene rings is 1. The van der Waals surface area contributed by atoms with Crippen LogP contribution in [0.1, 0.15) is 15.2 Å². The van der Waals surface area contributed by atoms with E-state index in [1.165, 1.54) is 6.07 Å². The Kier molecular flexibility index (Phi) is 2.55. The van der Waals surface area contributed by atoms with Gasteiger partial charge < -0.3 is 0 Å². The van der Waals surface area contributed by atoms with Crippen molar-refractivity contribution in [1.29, 1.82) is 0 Å². The van der Waals surface area contributed by atoms with Gasteiger partial charge in [0.1, 0.15) is 5.56 Å². The van der Waals surface area contributed by atoms with Crippen molar-refractivity contribution in [3.8, 4) is 11.3 Å². The first-order chi connectivity index (χ1) is 7.54. The molecule has 0 bridgehead atoms. The number of halogens is 3. The van der Waals surface area contributed by atoms with Gasteiger partial charge in [-0.2, -0.15) is 18.3 Å². The van der Waals surface area contributed by atoms with E-state index >= 15 is 0 Å². The van der Waals surface area contributed by atoms with Crippen molar-refractivity contribution in [3.63, 3.8) is 0 Å². The van der Waals surface area contributed by atoms with Crippen LogP contribution in [0, 0.1) is 0 Å². The van der Waals surface area contributed by atoms with E-state index in [0.717, 1.165) is 11.3 Å². The highest BCUT2D eigenvalue weighted by atomic mass is 32.1. The monoisotopic (exact) mass is 246 g/mol. The molecule has 0 aliphatic carbocycles. The van der Waals surface area contributed by atoms with Crippen LogP contribution in [-0.2, 0) is 6.18 Å². The highest BCUT2D eigenvalue weighted by molar-refractivity contribution is 7.12. The second kappa shape index (κ2) is 3.75. The molecule has 3 nitrogen and oxygen atoms in total. The lowest BCUT2D eigenvalue weighted by Gasteiger charge is -2.05. The number of H-pyrrole nitrogens is 1. The van der Waals surface area contributed by atoms with Crippen molar-refractivity contribution in [2.75, 3.05) is 0 Å². The van der Waals surface area contributed by atoms with Gasteiger partial charge in [0.15, 0.2) is 6.29 Å². The molecule has 0 saturated heterocycles. The fourth-order valence-electron chi connectivity index (χ4n) is 1.33. The van der Waals surface area contributed by atoms with Gasteiger partial charge in [-0.25, -0.2) is 0 Å². The standard InChI is InChI=1S/C9H5F3N2OS/c10-9(11,12)6-3-13-14-8(6)5-1-2-16-7(5)4-15/h1-4H,(H,13,14). The van der Waals surface area contributed by atoms with E-state index in [1.807, 2.05) is 0 Å². The first-order valence-electron chi connectivity index (χ1n) is 4.17. The molecule has 0 spiro atoms. The molecule has 2 heterocycles. The van der Waals surface area contributed by atoms with Crippen molar-refractivity contribution < 1.29 is 18.0 Å². The molecule has 0 unspecified atom stereocenters. The van der Waals surface area contributed by atoms with Crippen LogP contribution < -0.4 is 0 Å². The summed E-state index contributed by atoms with van der Waals surface area (Å²) in [6.07, 6.45) is -3.24. The zero-order valence-corrected chi connectivity index (χ0v) is 8.52. The number of aromatic amines is 1. The van der Waals surface area contributed by atoms with Gasteiger partial charge in [-0.3, -0.25) is 9.89 Å². The summed E-state index contributed by atoms with van der Waals surface area (Å²) < 4.78 is 37.7. The topological polar surface area (TPSA) is 45.8 Å². The molecular formula is C9H5F3N2OS. The fraction of sp³-hybridized carbons (Fsp3) is 0.111. The summed E-state index contributed by atoms with van der Waals surface area (Å²) in [5, 5.41) is 7.19. The van der Waals surface area contributed by atoms with Crippen molar-refractivity contribution in [3.05, 3.63) is 28.1 Å². The summed E-state index contributed by atoms with van der Waals surface area (Å²) in [6, 6.07) is 1.46. The minimum Gasteiger partial charge on any atom is -0.297 e. The number of aldehydes is 1. The number of hydrogen-bond acceptors (Lipinski definition) is 3. The Balaban J connectivity index is 2.57. The smallest absolute Gasteiger partial charge is 0.297 e. The number of carbonyl (C=O) groups is 1. The van der Waals surface area contributed by atoms with Crippen LogP contribution in [-0.4, -0.2) is 16.5 Å². The molecule has 84 valence electrons. The Labute approximate surface area is 91.9 Å². The Morgan fingerprint density at radius 2 is 2.19 bits per heavy atom. The fourth-order valence-corrected chi connectivity index (χ4v) is 2.03. The molecule has 0 radical (unpaired) electrons. The zero-order chi connectivity index (χ0) is 11.8. The van der Waals surface area contributed by atoms with E-state index in [-0.39, 0.29) is 16.1 Å². The molecule has 0 saturated carbocycles. The van der Waals surface area contributed by atoms with Gasteiger partial charge in [-0.05, 0) is 11.4 Å². The maximum Gasteiger partial charge on any atom is 0.420 e. The third-order valence-electron chi connectivity index (χ3n) is 2.02. The first kappa shape index (κ1) is 10.9. The maximum atomic E-state index is 12.6. The predicted molar refractivity (Wildman–Crippen MR) is 52.3 cm³/mol. The lowest BCUT2D eigenvalue weighted by molar-refractivity contribution is -0.137. The van der Waals surface area contributed by atoms with Crippen LogP contribution in [0.25, 0.3) is 11.3 Å². The quantitative estimate of drug-likeness (QED) is 0.828. The number of nitrogens with one attached hydrogen (secondary N) is 1. The van der Waals surface area contributed by atoms with Gasteiger partial charge in [0.25, 0.3) is 0 Å². The van der Waals surface area contributed by atoms with Gasteiger partial charge in [-0.15, -0.1) is 11.3 Å². The van der Waals surface area contributed by atoms with Crippen molar-refractivity contribution >= 4 is 17.6 Å². The molecule has 2 aromatic rings. The van der Waals surface area contributed by atoms with Crippen LogP contribution >= 0.6 is 11.3 Å². The van der Waals surface area contributed by atoms with E-state index in [1.54, 1.807) is 5.38 Å². The lowest BCUT2D eigenvalue weighted by atomic mass is 10.1. The summed E-state index contributed by atoms with van der Waals surface area (Å²) in [4.78, 5) is 10.9. The minimum absolute atomic E-state index is 0.171. The Hall–Kier alpha value is -1.63. The molecule has 0 amide bonds. The average molecular weight is 246 g/mol. The van der Waals surface area contributed by atoms with Crippen LogP contribution in [0.2, 0.25) is 0 Å². The Bertz CT molecular complexity index is 515. The number of nitrogens with zero attached hydrogens (tertiary/aromatic N) is 1. The highest BCUT2D eigenvalue weighted by Gasteiger charge is 2.35.